The quantitative estimate of drug-likeness (QED) is 0.400. The SMILES string of the molecule is O=C(Nc1cccc(-c2cc3c(o2)CCN(C(=O)CCc2ccccc2)C3)c1)c1cccs1. The molecule has 3 heterocycles. The lowest BCUT2D eigenvalue weighted by Crippen LogP contribution is -2.35. The molecular formula is C27H24N2O3S. The minimum atomic E-state index is -0.120. The van der Waals surface area contributed by atoms with Crippen molar-refractivity contribution in [2.75, 3.05) is 11.9 Å². The molecule has 4 aromatic rings. The Morgan fingerprint density at radius 3 is 2.70 bits per heavy atom. The average Bonchev–Trinajstić information content (AvgIpc) is 3.53. The van der Waals surface area contributed by atoms with Gasteiger partial charge in [-0.2, -0.15) is 0 Å². The number of furan rings is 1. The summed E-state index contributed by atoms with van der Waals surface area (Å²) in [5.41, 5.74) is 3.85. The fraction of sp³-hybridized carbons (Fsp3) is 0.185. The molecule has 0 aliphatic carbocycles. The van der Waals surface area contributed by atoms with E-state index in [9.17, 15) is 9.59 Å². The minimum absolute atomic E-state index is 0.120. The molecule has 6 heteroatoms. The molecule has 0 fully saturated rings. The van der Waals surface area contributed by atoms with E-state index in [0.29, 0.717) is 30.8 Å². The second-order valence-electron chi connectivity index (χ2n) is 8.12. The maximum Gasteiger partial charge on any atom is 0.265 e. The van der Waals surface area contributed by atoms with Gasteiger partial charge in [-0.15, -0.1) is 11.3 Å². The van der Waals surface area contributed by atoms with Gasteiger partial charge in [0, 0.05) is 42.7 Å². The van der Waals surface area contributed by atoms with Crippen LogP contribution in [0.5, 0.6) is 0 Å². The highest BCUT2D eigenvalue weighted by Crippen LogP contribution is 2.31. The molecule has 0 unspecified atom stereocenters. The van der Waals surface area contributed by atoms with Gasteiger partial charge in [0.05, 0.1) is 4.88 Å². The maximum atomic E-state index is 12.8. The van der Waals surface area contributed by atoms with Crippen molar-refractivity contribution >= 4 is 28.8 Å². The van der Waals surface area contributed by atoms with E-state index in [1.807, 2.05) is 64.9 Å². The van der Waals surface area contributed by atoms with Crippen molar-refractivity contribution < 1.29 is 14.0 Å². The fourth-order valence-corrected chi connectivity index (χ4v) is 4.71. The zero-order valence-electron chi connectivity index (χ0n) is 18.1. The van der Waals surface area contributed by atoms with E-state index in [1.165, 1.54) is 16.9 Å². The number of hydrogen-bond donors (Lipinski definition) is 1. The lowest BCUT2D eigenvalue weighted by atomic mass is 10.1. The van der Waals surface area contributed by atoms with Crippen molar-refractivity contribution in [3.8, 4) is 11.3 Å². The molecule has 0 spiro atoms. The summed E-state index contributed by atoms with van der Waals surface area (Å²) in [5, 5.41) is 4.83. The van der Waals surface area contributed by atoms with E-state index in [4.69, 9.17) is 4.42 Å². The summed E-state index contributed by atoms with van der Waals surface area (Å²) in [5.74, 6) is 1.74. The number of nitrogens with zero attached hydrogens (tertiary/aromatic N) is 1. The first-order valence-corrected chi connectivity index (χ1v) is 11.9. The number of fused-ring (bicyclic) bond motifs is 1. The average molecular weight is 457 g/mol. The fourth-order valence-electron chi connectivity index (χ4n) is 4.09. The second-order valence-corrected chi connectivity index (χ2v) is 9.07. The number of nitrogens with one attached hydrogen (secondary N) is 1. The molecule has 2 aromatic heterocycles. The molecule has 1 N–H and O–H groups in total. The molecule has 5 rings (SSSR count). The molecule has 0 atom stereocenters. The molecule has 33 heavy (non-hydrogen) atoms. The Kier molecular flexibility index (Phi) is 6.09. The first-order valence-electron chi connectivity index (χ1n) is 11.0. The molecule has 0 saturated carbocycles. The molecule has 2 amide bonds. The summed E-state index contributed by atoms with van der Waals surface area (Å²) >= 11 is 1.41. The highest BCUT2D eigenvalue weighted by molar-refractivity contribution is 7.12. The summed E-state index contributed by atoms with van der Waals surface area (Å²) in [7, 11) is 0. The molecule has 0 radical (unpaired) electrons. The van der Waals surface area contributed by atoms with E-state index in [0.717, 1.165) is 34.8 Å². The third-order valence-corrected chi connectivity index (χ3v) is 6.71. The van der Waals surface area contributed by atoms with E-state index < -0.39 is 0 Å². The van der Waals surface area contributed by atoms with Crippen LogP contribution >= 0.6 is 11.3 Å². The van der Waals surface area contributed by atoms with Crippen LogP contribution in [0.2, 0.25) is 0 Å². The zero-order chi connectivity index (χ0) is 22.6. The van der Waals surface area contributed by atoms with Gasteiger partial charge in [-0.1, -0.05) is 48.5 Å². The van der Waals surface area contributed by atoms with Crippen LogP contribution in [0.15, 0.2) is 82.6 Å². The minimum Gasteiger partial charge on any atom is -0.461 e. The van der Waals surface area contributed by atoms with Crippen molar-refractivity contribution in [3.63, 3.8) is 0 Å². The summed E-state index contributed by atoms with van der Waals surface area (Å²) in [6.45, 7) is 1.24. The monoisotopic (exact) mass is 456 g/mol. The van der Waals surface area contributed by atoms with E-state index in [-0.39, 0.29) is 11.8 Å². The van der Waals surface area contributed by atoms with Gasteiger partial charge in [0.2, 0.25) is 5.91 Å². The van der Waals surface area contributed by atoms with Gasteiger partial charge in [0.15, 0.2) is 0 Å². The van der Waals surface area contributed by atoms with Crippen LogP contribution in [0, 0.1) is 0 Å². The molecule has 166 valence electrons. The van der Waals surface area contributed by atoms with Crippen molar-refractivity contribution in [1.82, 2.24) is 4.90 Å². The zero-order valence-corrected chi connectivity index (χ0v) is 18.9. The number of carbonyl (C=O) groups is 2. The number of carbonyl (C=O) groups excluding carboxylic acids is 2. The molecular weight excluding hydrogens is 432 g/mol. The van der Waals surface area contributed by atoms with Gasteiger partial charge in [-0.3, -0.25) is 9.59 Å². The Morgan fingerprint density at radius 2 is 1.88 bits per heavy atom. The Hall–Kier alpha value is -3.64. The van der Waals surface area contributed by atoms with Crippen LogP contribution in [0.4, 0.5) is 5.69 Å². The summed E-state index contributed by atoms with van der Waals surface area (Å²) < 4.78 is 6.13. The topological polar surface area (TPSA) is 62.6 Å². The van der Waals surface area contributed by atoms with E-state index in [2.05, 4.69) is 17.4 Å². The second kappa shape index (κ2) is 9.46. The van der Waals surface area contributed by atoms with Crippen LogP contribution in [0.3, 0.4) is 0 Å². The number of hydrogen-bond acceptors (Lipinski definition) is 4. The van der Waals surface area contributed by atoms with Crippen LogP contribution in [0.1, 0.15) is 33.0 Å². The number of anilines is 1. The lowest BCUT2D eigenvalue weighted by Gasteiger charge is -2.26. The number of thiophene rings is 1. The van der Waals surface area contributed by atoms with Gasteiger partial charge in [0.25, 0.3) is 5.91 Å². The van der Waals surface area contributed by atoms with Gasteiger partial charge in [0.1, 0.15) is 11.5 Å². The van der Waals surface area contributed by atoms with Crippen molar-refractivity contribution in [1.29, 1.82) is 0 Å². The summed E-state index contributed by atoms with van der Waals surface area (Å²) in [6, 6.07) is 23.4. The predicted octanol–water partition coefficient (Wildman–Crippen LogP) is 5.78. The highest BCUT2D eigenvalue weighted by atomic mass is 32.1. The molecule has 1 aliphatic heterocycles. The summed E-state index contributed by atoms with van der Waals surface area (Å²) in [4.78, 5) is 27.7. The third kappa shape index (κ3) is 4.91. The van der Waals surface area contributed by atoms with Gasteiger partial charge in [-0.05, 0) is 41.6 Å². The van der Waals surface area contributed by atoms with Crippen LogP contribution in [-0.2, 0) is 24.2 Å². The van der Waals surface area contributed by atoms with Crippen LogP contribution < -0.4 is 5.32 Å². The van der Waals surface area contributed by atoms with Gasteiger partial charge >= 0.3 is 0 Å². The number of benzene rings is 2. The van der Waals surface area contributed by atoms with E-state index >= 15 is 0 Å². The summed E-state index contributed by atoms with van der Waals surface area (Å²) in [6.07, 6.45) is 1.97. The Labute approximate surface area is 196 Å². The van der Waals surface area contributed by atoms with E-state index in [1.54, 1.807) is 6.07 Å². The van der Waals surface area contributed by atoms with Crippen molar-refractivity contribution in [2.24, 2.45) is 0 Å². The highest BCUT2D eigenvalue weighted by Gasteiger charge is 2.24. The number of rotatable bonds is 6. The van der Waals surface area contributed by atoms with Crippen LogP contribution in [-0.4, -0.2) is 23.3 Å². The lowest BCUT2D eigenvalue weighted by molar-refractivity contribution is -0.132. The molecule has 2 aromatic carbocycles. The van der Waals surface area contributed by atoms with Gasteiger partial charge < -0.3 is 14.6 Å². The standard InChI is InChI=1S/C27H24N2O3S/c30-26(12-11-19-6-2-1-3-7-19)29-14-13-23-21(18-29)17-24(32-23)20-8-4-9-22(16-20)28-27(31)25-10-5-15-33-25/h1-10,15-17H,11-14,18H2,(H,28,31). The first kappa shape index (κ1) is 21.2. The van der Waals surface area contributed by atoms with Gasteiger partial charge in [-0.25, -0.2) is 0 Å². The maximum absolute atomic E-state index is 12.8. The Balaban J connectivity index is 1.25. The number of aryl methyl sites for hydroxylation is 1. The van der Waals surface area contributed by atoms with Crippen LogP contribution in [0.25, 0.3) is 11.3 Å². The predicted molar refractivity (Wildman–Crippen MR) is 130 cm³/mol. The third-order valence-electron chi connectivity index (χ3n) is 5.84. The van der Waals surface area contributed by atoms with Crippen molar-refractivity contribution in [3.05, 3.63) is 99.9 Å². The molecule has 1 aliphatic rings. The normalized spacial score (nSPS) is 12.9. The smallest absolute Gasteiger partial charge is 0.265 e. The number of amides is 2. The van der Waals surface area contributed by atoms with Crippen molar-refractivity contribution in [2.45, 2.75) is 25.8 Å². The first-order chi connectivity index (χ1) is 16.2. The Morgan fingerprint density at radius 1 is 1.00 bits per heavy atom. The largest absolute Gasteiger partial charge is 0.461 e. The molecule has 5 nitrogen and oxygen atoms in total. The molecule has 0 saturated heterocycles. The Bertz CT molecular complexity index is 1260. The molecule has 0 bridgehead atoms.